The van der Waals surface area contributed by atoms with E-state index in [1.165, 1.54) is 17.0 Å². The Morgan fingerprint density at radius 3 is 2.17 bits per heavy atom. The quantitative estimate of drug-likeness (QED) is 0.258. The summed E-state index contributed by atoms with van der Waals surface area (Å²) in [6.45, 7) is 1.67. The van der Waals surface area contributed by atoms with Crippen molar-refractivity contribution in [3.8, 4) is 0 Å². The molecule has 1 aliphatic heterocycles. The van der Waals surface area contributed by atoms with Gasteiger partial charge >= 0.3 is 11.9 Å². The first-order valence-electron chi connectivity index (χ1n) is 11.6. The van der Waals surface area contributed by atoms with Crippen LogP contribution in [0.1, 0.15) is 36.5 Å². The van der Waals surface area contributed by atoms with Gasteiger partial charge in [0.05, 0.1) is 30.4 Å². The molecule has 188 valence electrons. The van der Waals surface area contributed by atoms with E-state index in [0.29, 0.717) is 17.9 Å². The molecule has 1 heterocycles. The standard InChI is InChI=1S/C24H26Br2N2O7/c1-2-9-34-24(33)12-3-5-13(6-4-12)27-16(29)11-35-17(30)7-8-28-22(31)18-14-10-15(19(18)23(28)32)21(26)20(14)25/h3-6,14-15,18-21H,2,7-11H2,1H3,(H,27,29)/t14-,15-,18-,19+,20-,21+/m1/s1. The van der Waals surface area contributed by atoms with Gasteiger partial charge in [0.2, 0.25) is 11.8 Å². The highest BCUT2D eigenvalue weighted by Gasteiger charge is 2.66. The molecule has 11 heteroatoms. The highest BCUT2D eigenvalue weighted by Crippen LogP contribution is 2.60. The first-order valence-corrected chi connectivity index (χ1v) is 13.4. The molecule has 4 rings (SSSR count). The van der Waals surface area contributed by atoms with Gasteiger partial charge in [0.25, 0.3) is 5.91 Å². The van der Waals surface area contributed by atoms with E-state index in [4.69, 9.17) is 9.47 Å². The molecule has 3 amide bonds. The van der Waals surface area contributed by atoms with E-state index in [2.05, 4.69) is 37.2 Å². The van der Waals surface area contributed by atoms with Crippen molar-refractivity contribution in [1.82, 2.24) is 4.90 Å². The van der Waals surface area contributed by atoms with E-state index >= 15 is 0 Å². The molecule has 0 spiro atoms. The molecule has 6 atom stereocenters. The van der Waals surface area contributed by atoms with Crippen LogP contribution >= 0.6 is 31.9 Å². The Morgan fingerprint density at radius 1 is 1.00 bits per heavy atom. The molecule has 1 aromatic carbocycles. The van der Waals surface area contributed by atoms with Gasteiger partial charge in [-0.1, -0.05) is 38.8 Å². The average Bonchev–Trinajstić information content (AvgIpc) is 3.45. The maximum Gasteiger partial charge on any atom is 0.338 e. The second kappa shape index (κ2) is 10.8. The predicted molar refractivity (Wildman–Crippen MR) is 132 cm³/mol. The van der Waals surface area contributed by atoms with Crippen molar-refractivity contribution in [3.05, 3.63) is 29.8 Å². The summed E-state index contributed by atoms with van der Waals surface area (Å²) in [5.41, 5.74) is 0.798. The predicted octanol–water partition coefficient (Wildman–Crippen LogP) is 2.90. The van der Waals surface area contributed by atoms with Crippen LogP contribution in [0, 0.1) is 23.7 Å². The lowest BCUT2D eigenvalue weighted by Gasteiger charge is -2.28. The van der Waals surface area contributed by atoms with E-state index in [-0.39, 0.29) is 58.1 Å². The largest absolute Gasteiger partial charge is 0.462 e. The molecule has 0 unspecified atom stereocenters. The number of benzene rings is 1. The van der Waals surface area contributed by atoms with E-state index in [1.54, 1.807) is 12.1 Å². The summed E-state index contributed by atoms with van der Waals surface area (Å²) < 4.78 is 10.1. The number of carbonyl (C=O) groups is 5. The Balaban J connectivity index is 1.21. The first kappa shape index (κ1) is 25.8. The number of carbonyl (C=O) groups excluding carboxylic acids is 5. The van der Waals surface area contributed by atoms with Crippen molar-refractivity contribution >= 4 is 67.2 Å². The number of fused-ring (bicyclic) bond motifs is 5. The molecule has 2 aliphatic carbocycles. The van der Waals surface area contributed by atoms with Crippen LogP contribution in [0.25, 0.3) is 0 Å². The Labute approximate surface area is 219 Å². The maximum atomic E-state index is 12.9. The average molecular weight is 614 g/mol. The summed E-state index contributed by atoms with van der Waals surface area (Å²) in [5.74, 6) is -2.53. The van der Waals surface area contributed by atoms with Crippen LogP contribution in [0.4, 0.5) is 5.69 Å². The van der Waals surface area contributed by atoms with Gasteiger partial charge in [-0.05, 0) is 48.9 Å². The van der Waals surface area contributed by atoms with Crippen LogP contribution in [0.15, 0.2) is 24.3 Å². The molecular weight excluding hydrogens is 588 g/mol. The highest BCUT2D eigenvalue weighted by molar-refractivity contribution is 9.12. The number of amides is 3. The monoisotopic (exact) mass is 612 g/mol. The fourth-order valence-electron chi connectivity index (χ4n) is 5.22. The third-order valence-corrected chi connectivity index (χ3v) is 10.0. The van der Waals surface area contributed by atoms with Crippen molar-refractivity contribution in [2.45, 2.75) is 35.8 Å². The van der Waals surface area contributed by atoms with Gasteiger partial charge < -0.3 is 14.8 Å². The Kier molecular flexibility index (Phi) is 7.95. The minimum Gasteiger partial charge on any atom is -0.462 e. The van der Waals surface area contributed by atoms with E-state index in [1.807, 2.05) is 6.92 Å². The van der Waals surface area contributed by atoms with Gasteiger partial charge in [-0.25, -0.2) is 4.79 Å². The van der Waals surface area contributed by atoms with Gasteiger partial charge in [-0.3, -0.25) is 24.1 Å². The fourth-order valence-corrected chi connectivity index (χ4v) is 7.09. The number of rotatable bonds is 9. The third kappa shape index (κ3) is 5.16. The zero-order valence-electron chi connectivity index (χ0n) is 19.1. The molecule has 1 saturated heterocycles. The van der Waals surface area contributed by atoms with Crippen molar-refractivity contribution in [2.24, 2.45) is 23.7 Å². The number of anilines is 1. The number of likely N-dealkylation sites (tertiary alicyclic amines) is 1. The Hall–Kier alpha value is -2.27. The van der Waals surface area contributed by atoms with Crippen molar-refractivity contribution in [1.29, 1.82) is 0 Å². The zero-order chi connectivity index (χ0) is 25.3. The number of imide groups is 1. The number of esters is 2. The molecule has 3 aliphatic rings. The van der Waals surface area contributed by atoms with Crippen LogP contribution in [-0.4, -0.2) is 64.0 Å². The summed E-state index contributed by atoms with van der Waals surface area (Å²) in [5, 5.41) is 2.57. The van der Waals surface area contributed by atoms with Gasteiger partial charge in [-0.2, -0.15) is 0 Å². The number of ether oxygens (including phenoxy) is 2. The molecule has 2 saturated carbocycles. The summed E-state index contributed by atoms with van der Waals surface area (Å²) in [7, 11) is 0. The summed E-state index contributed by atoms with van der Waals surface area (Å²) in [4.78, 5) is 63.3. The second-order valence-corrected chi connectivity index (χ2v) is 11.1. The Morgan fingerprint density at radius 2 is 1.60 bits per heavy atom. The second-order valence-electron chi connectivity index (χ2n) is 9.00. The Bertz CT molecular complexity index is 999. The topological polar surface area (TPSA) is 119 Å². The number of nitrogens with zero attached hydrogens (tertiary/aromatic N) is 1. The summed E-state index contributed by atoms with van der Waals surface area (Å²) in [6.07, 6.45) is 1.39. The first-order chi connectivity index (χ1) is 16.7. The van der Waals surface area contributed by atoms with Crippen molar-refractivity contribution in [3.63, 3.8) is 0 Å². The fraction of sp³-hybridized carbons (Fsp3) is 0.542. The zero-order valence-corrected chi connectivity index (χ0v) is 22.2. The molecular formula is C24H26Br2N2O7. The summed E-state index contributed by atoms with van der Waals surface area (Å²) in [6, 6.07) is 6.15. The van der Waals surface area contributed by atoms with Crippen LogP contribution in [0.3, 0.4) is 0 Å². The number of hydrogen-bond acceptors (Lipinski definition) is 7. The van der Waals surface area contributed by atoms with Crippen LogP contribution in [0.5, 0.6) is 0 Å². The molecule has 2 bridgehead atoms. The molecule has 3 fully saturated rings. The van der Waals surface area contributed by atoms with Gasteiger partial charge in [0.15, 0.2) is 6.61 Å². The van der Waals surface area contributed by atoms with Crippen molar-refractivity contribution in [2.75, 3.05) is 25.1 Å². The van der Waals surface area contributed by atoms with Gasteiger partial charge in [-0.15, -0.1) is 0 Å². The lowest BCUT2D eigenvalue weighted by atomic mass is 9.81. The molecule has 0 radical (unpaired) electrons. The van der Waals surface area contributed by atoms with Gasteiger partial charge in [0, 0.05) is 21.9 Å². The summed E-state index contributed by atoms with van der Waals surface area (Å²) >= 11 is 7.28. The smallest absolute Gasteiger partial charge is 0.338 e. The molecule has 35 heavy (non-hydrogen) atoms. The van der Waals surface area contributed by atoms with Crippen LogP contribution in [-0.2, 0) is 28.7 Å². The van der Waals surface area contributed by atoms with Gasteiger partial charge in [0.1, 0.15) is 0 Å². The lowest BCUT2D eigenvalue weighted by molar-refractivity contribution is -0.149. The molecule has 1 N–H and O–H groups in total. The third-order valence-electron chi connectivity index (χ3n) is 6.82. The van der Waals surface area contributed by atoms with E-state index < -0.39 is 24.5 Å². The number of halogens is 2. The number of alkyl halides is 2. The van der Waals surface area contributed by atoms with Crippen molar-refractivity contribution < 1.29 is 33.4 Å². The molecule has 0 aromatic heterocycles. The van der Waals surface area contributed by atoms with Crippen LogP contribution in [0.2, 0.25) is 0 Å². The normalized spacial score (nSPS) is 28.7. The number of hydrogen-bond donors (Lipinski definition) is 1. The molecule has 1 aromatic rings. The SMILES string of the molecule is CCCOC(=O)c1ccc(NC(=O)COC(=O)CCN2C(=O)[C@@H]3[C@H]4C[C@@H]([C@H](Br)[C@@H]4Br)[C@@H]3C2=O)cc1. The lowest BCUT2D eigenvalue weighted by Crippen LogP contribution is -2.37. The minimum atomic E-state index is -0.675. The molecule has 9 nitrogen and oxygen atoms in total. The minimum absolute atomic E-state index is 0.0555. The number of nitrogens with one attached hydrogen (secondary N) is 1. The highest BCUT2D eigenvalue weighted by atomic mass is 79.9. The van der Waals surface area contributed by atoms with E-state index in [0.717, 1.165) is 12.8 Å². The van der Waals surface area contributed by atoms with E-state index in [9.17, 15) is 24.0 Å². The maximum absolute atomic E-state index is 12.9. The van der Waals surface area contributed by atoms with Crippen LogP contribution < -0.4 is 5.32 Å².